The van der Waals surface area contributed by atoms with E-state index in [4.69, 9.17) is 9.68 Å². The first-order chi connectivity index (χ1) is 7.01. The van der Waals surface area contributed by atoms with Gasteiger partial charge in [-0.15, -0.1) is 5.54 Å². The van der Waals surface area contributed by atoms with Crippen molar-refractivity contribution in [3.8, 4) is 17.2 Å². The van der Waals surface area contributed by atoms with E-state index in [9.17, 15) is 0 Å². The van der Waals surface area contributed by atoms with Crippen molar-refractivity contribution in [2.45, 2.75) is 19.6 Å². The molecule has 0 fully saturated rings. The van der Waals surface area contributed by atoms with Gasteiger partial charge in [-0.25, -0.2) is 0 Å². The average molecular weight is 217 g/mol. The highest BCUT2D eigenvalue weighted by Gasteiger charge is 2.07. The van der Waals surface area contributed by atoms with Crippen LogP contribution in [0.2, 0.25) is 19.6 Å². The second-order valence-electron chi connectivity index (χ2n) is 4.25. The molecule has 0 saturated carbocycles. The molecular formula is C11H14BO2Si. The highest BCUT2D eigenvalue weighted by atomic mass is 28.3. The minimum Gasteiger partial charge on any atom is -0.537 e. The van der Waals surface area contributed by atoms with Gasteiger partial charge in [-0.1, -0.05) is 25.6 Å². The van der Waals surface area contributed by atoms with Crippen molar-refractivity contribution in [1.82, 2.24) is 0 Å². The maximum Gasteiger partial charge on any atom is 0.569 e. The first-order valence-electron chi connectivity index (χ1n) is 4.77. The summed E-state index contributed by atoms with van der Waals surface area (Å²) in [6, 6.07) is 7.32. The first-order valence-corrected chi connectivity index (χ1v) is 8.27. The van der Waals surface area contributed by atoms with E-state index in [-0.39, 0.29) is 0 Å². The lowest BCUT2D eigenvalue weighted by atomic mass is 10.2. The molecule has 0 aliphatic rings. The van der Waals surface area contributed by atoms with Gasteiger partial charge in [-0.3, -0.25) is 0 Å². The van der Waals surface area contributed by atoms with E-state index in [1.165, 1.54) is 0 Å². The molecule has 0 aliphatic heterocycles. The van der Waals surface area contributed by atoms with E-state index in [0.29, 0.717) is 13.4 Å². The lowest BCUT2D eigenvalue weighted by Crippen LogP contribution is -2.16. The van der Waals surface area contributed by atoms with Crippen molar-refractivity contribution in [2.24, 2.45) is 0 Å². The Balaban J connectivity index is 2.75. The number of rotatable bonds is 2. The molecule has 0 bridgehead atoms. The third-order valence-electron chi connectivity index (χ3n) is 1.62. The third-order valence-corrected chi connectivity index (χ3v) is 2.50. The zero-order valence-electron chi connectivity index (χ0n) is 9.24. The number of benzene rings is 1. The predicted molar refractivity (Wildman–Crippen MR) is 65.3 cm³/mol. The van der Waals surface area contributed by atoms with Crippen molar-refractivity contribution in [3.63, 3.8) is 0 Å². The van der Waals surface area contributed by atoms with Gasteiger partial charge < -0.3 is 9.68 Å². The van der Waals surface area contributed by atoms with Crippen LogP contribution < -0.4 is 4.65 Å². The topological polar surface area (TPSA) is 29.5 Å². The summed E-state index contributed by atoms with van der Waals surface area (Å²) in [7, 11) is -0.638. The summed E-state index contributed by atoms with van der Waals surface area (Å²) < 4.78 is 4.80. The first kappa shape index (κ1) is 11.9. The maximum absolute atomic E-state index is 8.43. The van der Waals surface area contributed by atoms with Crippen LogP contribution in [0.5, 0.6) is 5.75 Å². The second kappa shape index (κ2) is 5.06. The smallest absolute Gasteiger partial charge is 0.537 e. The van der Waals surface area contributed by atoms with Crippen LogP contribution in [-0.4, -0.2) is 20.8 Å². The average Bonchev–Trinajstić information content (AvgIpc) is 2.16. The Bertz CT molecular complexity index is 370. The Morgan fingerprint density at radius 3 is 2.27 bits per heavy atom. The van der Waals surface area contributed by atoms with Gasteiger partial charge >= 0.3 is 7.69 Å². The molecule has 2 nitrogen and oxygen atoms in total. The zero-order chi connectivity index (χ0) is 11.3. The maximum atomic E-state index is 8.43. The second-order valence-corrected chi connectivity index (χ2v) is 9.00. The highest BCUT2D eigenvalue weighted by Crippen LogP contribution is 2.10. The predicted octanol–water partition coefficient (Wildman–Crippen LogP) is 1.82. The Morgan fingerprint density at radius 1 is 1.20 bits per heavy atom. The molecular weight excluding hydrogens is 203 g/mol. The molecule has 4 heteroatoms. The van der Waals surface area contributed by atoms with Crippen LogP contribution in [0.15, 0.2) is 24.3 Å². The molecule has 0 atom stereocenters. The molecule has 0 spiro atoms. The lowest BCUT2D eigenvalue weighted by Gasteiger charge is -2.03. The van der Waals surface area contributed by atoms with Crippen LogP contribution in [0.25, 0.3) is 0 Å². The van der Waals surface area contributed by atoms with Crippen molar-refractivity contribution in [3.05, 3.63) is 29.8 Å². The molecule has 1 aromatic rings. The van der Waals surface area contributed by atoms with Crippen molar-refractivity contribution >= 4 is 15.8 Å². The molecule has 1 rings (SSSR count). The van der Waals surface area contributed by atoms with Gasteiger partial charge in [0.25, 0.3) is 0 Å². The SMILES string of the molecule is C[Si](C)(C)C#Cc1ccc(O[B]O)cc1. The fraction of sp³-hybridized carbons (Fsp3) is 0.273. The van der Waals surface area contributed by atoms with Crippen molar-refractivity contribution in [1.29, 1.82) is 0 Å². The summed E-state index contributed by atoms with van der Waals surface area (Å²) in [4.78, 5) is 0. The molecule has 77 valence electrons. The summed E-state index contributed by atoms with van der Waals surface area (Å²) in [5, 5.41) is 8.43. The van der Waals surface area contributed by atoms with E-state index in [2.05, 4.69) is 31.1 Å². The molecule has 0 amide bonds. The van der Waals surface area contributed by atoms with Gasteiger partial charge in [0.15, 0.2) is 0 Å². The van der Waals surface area contributed by atoms with Crippen LogP contribution in [0.1, 0.15) is 5.56 Å². The lowest BCUT2D eigenvalue weighted by molar-refractivity contribution is 0.454. The van der Waals surface area contributed by atoms with Gasteiger partial charge in [0, 0.05) is 5.56 Å². The monoisotopic (exact) mass is 217 g/mol. The van der Waals surface area contributed by atoms with Crippen LogP contribution in [0.3, 0.4) is 0 Å². The summed E-state index contributed by atoms with van der Waals surface area (Å²) in [6.07, 6.45) is 0. The van der Waals surface area contributed by atoms with Crippen LogP contribution in [0, 0.1) is 11.5 Å². The fourth-order valence-electron chi connectivity index (χ4n) is 0.937. The van der Waals surface area contributed by atoms with Gasteiger partial charge in [0.1, 0.15) is 13.8 Å². The molecule has 0 unspecified atom stereocenters. The van der Waals surface area contributed by atoms with Crippen LogP contribution >= 0.6 is 0 Å². The number of hydrogen-bond acceptors (Lipinski definition) is 2. The molecule has 0 aliphatic carbocycles. The van der Waals surface area contributed by atoms with E-state index >= 15 is 0 Å². The largest absolute Gasteiger partial charge is 0.569 e. The minimum atomic E-state index is -1.31. The highest BCUT2D eigenvalue weighted by molar-refractivity contribution is 6.83. The minimum absolute atomic E-state index is 0.607. The summed E-state index contributed by atoms with van der Waals surface area (Å²) in [5.41, 5.74) is 4.26. The molecule has 1 aromatic carbocycles. The molecule has 15 heavy (non-hydrogen) atoms. The van der Waals surface area contributed by atoms with Gasteiger partial charge in [-0.2, -0.15) is 0 Å². The normalized spacial score (nSPS) is 10.1. The summed E-state index contributed by atoms with van der Waals surface area (Å²) >= 11 is 0. The van der Waals surface area contributed by atoms with Gasteiger partial charge in [0.2, 0.25) is 0 Å². The Kier molecular flexibility index (Phi) is 4.01. The van der Waals surface area contributed by atoms with Crippen LogP contribution in [0.4, 0.5) is 0 Å². The van der Waals surface area contributed by atoms with Crippen molar-refractivity contribution in [2.75, 3.05) is 0 Å². The molecule has 1 radical (unpaired) electrons. The third kappa shape index (κ3) is 4.73. The standard InChI is InChI=1S/C11H14BO2Si/c1-15(2,3)9-8-10-4-6-11(7-5-10)14-12-13/h4-7,13H,1-3H3. The number of hydrogen-bond donors (Lipinski definition) is 1. The zero-order valence-corrected chi connectivity index (χ0v) is 10.2. The van der Waals surface area contributed by atoms with E-state index < -0.39 is 8.07 Å². The summed E-state index contributed by atoms with van der Waals surface area (Å²) in [5.74, 6) is 3.74. The van der Waals surface area contributed by atoms with Gasteiger partial charge in [0.05, 0.1) is 0 Å². The van der Waals surface area contributed by atoms with Gasteiger partial charge in [-0.05, 0) is 24.3 Å². The molecule has 0 saturated heterocycles. The van der Waals surface area contributed by atoms with Crippen molar-refractivity contribution < 1.29 is 9.68 Å². The van der Waals surface area contributed by atoms with E-state index in [0.717, 1.165) is 5.56 Å². The fourth-order valence-corrected chi connectivity index (χ4v) is 1.46. The van der Waals surface area contributed by atoms with Crippen LogP contribution in [-0.2, 0) is 0 Å². The molecule has 0 heterocycles. The molecule has 1 N–H and O–H groups in total. The van der Waals surface area contributed by atoms with E-state index in [1.807, 2.05) is 12.1 Å². The van der Waals surface area contributed by atoms with E-state index in [1.54, 1.807) is 12.1 Å². The Labute approximate surface area is 92.6 Å². The Hall–Kier alpha value is -1.18. The Morgan fingerprint density at radius 2 is 1.80 bits per heavy atom. The summed E-state index contributed by atoms with van der Waals surface area (Å²) in [6.45, 7) is 6.62. The molecule has 0 aromatic heterocycles. The quantitative estimate of drug-likeness (QED) is 0.604.